The Morgan fingerprint density at radius 3 is 2.47 bits per heavy atom. The minimum absolute atomic E-state index is 0.225. The molecule has 0 aromatic heterocycles. The van der Waals surface area contributed by atoms with Crippen molar-refractivity contribution in [2.45, 2.75) is 24.8 Å². The quantitative estimate of drug-likeness (QED) is 0.636. The predicted molar refractivity (Wildman–Crippen MR) is 59.9 cm³/mol. The van der Waals surface area contributed by atoms with Crippen LogP contribution in [0.15, 0.2) is 12.2 Å². The van der Waals surface area contributed by atoms with Gasteiger partial charge in [-0.05, 0) is 33.4 Å². The Labute approximate surface area is 91.0 Å². The van der Waals surface area contributed by atoms with Gasteiger partial charge < -0.3 is 15.3 Å². The second kappa shape index (κ2) is 4.77. The van der Waals surface area contributed by atoms with Crippen LogP contribution in [0.1, 0.15) is 19.3 Å². The SMILES string of the molecule is C=C(CNCC1(N(C)C)CCC1)C(=O)O. The maximum absolute atomic E-state index is 10.5. The summed E-state index contributed by atoms with van der Waals surface area (Å²) in [5.74, 6) is -0.921. The van der Waals surface area contributed by atoms with E-state index in [-0.39, 0.29) is 11.1 Å². The molecule has 0 unspecified atom stereocenters. The smallest absolute Gasteiger partial charge is 0.332 e. The van der Waals surface area contributed by atoms with Crippen LogP contribution in [0, 0.1) is 0 Å². The van der Waals surface area contributed by atoms with Crippen molar-refractivity contribution in [3.05, 3.63) is 12.2 Å². The van der Waals surface area contributed by atoms with Crippen LogP contribution in [0.2, 0.25) is 0 Å². The molecule has 1 fully saturated rings. The molecule has 0 radical (unpaired) electrons. The van der Waals surface area contributed by atoms with Gasteiger partial charge in [-0.1, -0.05) is 6.58 Å². The third-order valence-corrected chi connectivity index (χ3v) is 3.33. The molecule has 0 saturated heterocycles. The molecule has 0 atom stereocenters. The van der Waals surface area contributed by atoms with Gasteiger partial charge in [0.15, 0.2) is 0 Å². The molecular weight excluding hydrogens is 192 g/mol. The number of hydrogen-bond donors (Lipinski definition) is 2. The largest absolute Gasteiger partial charge is 0.478 e. The fraction of sp³-hybridized carbons (Fsp3) is 0.727. The standard InChI is InChI=1S/C11H20N2O2/c1-9(10(14)15)7-12-8-11(13(2)3)5-4-6-11/h12H,1,4-8H2,2-3H3,(H,14,15). The molecule has 1 rings (SSSR count). The number of aliphatic carboxylic acids is 1. The zero-order valence-electron chi connectivity index (χ0n) is 9.55. The highest BCUT2D eigenvalue weighted by atomic mass is 16.4. The maximum Gasteiger partial charge on any atom is 0.332 e. The van der Waals surface area contributed by atoms with Crippen LogP contribution >= 0.6 is 0 Å². The molecule has 0 heterocycles. The number of nitrogens with one attached hydrogen (secondary N) is 1. The molecule has 1 aliphatic carbocycles. The van der Waals surface area contributed by atoms with Gasteiger partial charge >= 0.3 is 5.97 Å². The number of carbonyl (C=O) groups is 1. The van der Waals surface area contributed by atoms with Gasteiger partial charge in [0, 0.05) is 24.2 Å². The molecule has 2 N–H and O–H groups in total. The van der Waals surface area contributed by atoms with Crippen molar-refractivity contribution in [2.75, 3.05) is 27.2 Å². The van der Waals surface area contributed by atoms with E-state index in [9.17, 15) is 4.79 Å². The lowest BCUT2D eigenvalue weighted by Gasteiger charge is -2.47. The van der Waals surface area contributed by atoms with Gasteiger partial charge in [0.2, 0.25) is 0 Å². The zero-order valence-corrected chi connectivity index (χ0v) is 9.55. The Balaban J connectivity index is 2.30. The predicted octanol–water partition coefficient (Wildman–Crippen LogP) is 0.701. The van der Waals surface area contributed by atoms with Gasteiger partial charge in [-0.25, -0.2) is 4.79 Å². The Bertz CT molecular complexity index is 257. The minimum atomic E-state index is -0.921. The van der Waals surface area contributed by atoms with Crippen LogP contribution in [-0.4, -0.2) is 48.7 Å². The van der Waals surface area contributed by atoms with E-state index in [1.807, 2.05) is 0 Å². The van der Waals surface area contributed by atoms with E-state index >= 15 is 0 Å². The minimum Gasteiger partial charge on any atom is -0.478 e. The van der Waals surface area contributed by atoms with E-state index in [0.29, 0.717) is 6.54 Å². The van der Waals surface area contributed by atoms with Crippen LogP contribution in [0.4, 0.5) is 0 Å². The summed E-state index contributed by atoms with van der Waals surface area (Å²) < 4.78 is 0. The number of likely N-dealkylation sites (N-methyl/N-ethyl adjacent to an activating group) is 1. The number of carboxylic acid groups (broad SMARTS) is 1. The normalized spacial score (nSPS) is 18.6. The molecule has 0 spiro atoms. The van der Waals surface area contributed by atoms with Gasteiger partial charge in [-0.2, -0.15) is 0 Å². The summed E-state index contributed by atoms with van der Waals surface area (Å²) >= 11 is 0. The highest BCUT2D eigenvalue weighted by Gasteiger charge is 2.38. The summed E-state index contributed by atoms with van der Waals surface area (Å²) in [7, 11) is 4.15. The molecule has 0 aliphatic heterocycles. The highest BCUT2D eigenvalue weighted by Crippen LogP contribution is 2.35. The summed E-state index contributed by atoms with van der Waals surface area (Å²) in [5, 5.41) is 11.8. The maximum atomic E-state index is 10.5. The van der Waals surface area contributed by atoms with Crippen molar-refractivity contribution in [2.24, 2.45) is 0 Å². The van der Waals surface area contributed by atoms with Gasteiger partial charge in [-0.3, -0.25) is 0 Å². The second-order valence-electron chi connectivity index (χ2n) is 4.48. The van der Waals surface area contributed by atoms with Gasteiger partial charge in [0.05, 0.1) is 0 Å². The molecule has 1 aliphatic rings. The lowest BCUT2D eigenvalue weighted by molar-refractivity contribution is -0.132. The fourth-order valence-corrected chi connectivity index (χ4v) is 1.89. The molecule has 86 valence electrons. The number of hydrogen-bond acceptors (Lipinski definition) is 3. The molecule has 0 aromatic rings. The topological polar surface area (TPSA) is 52.6 Å². The lowest BCUT2D eigenvalue weighted by atomic mass is 9.75. The van der Waals surface area contributed by atoms with E-state index in [1.165, 1.54) is 19.3 Å². The van der Waals surface area contributed by atoms with Crippen molar-refractivity contribution in [3.8, 4) is 0 Å². The molecule has 1 saturated carbocycles. The first-order valence-corrected chi connectivity index (χ1v) is 5.27. The molecule has 0 bridgehead atoms. The lowest BCUT2D eigenvalue weighted by Crippen LogP contribution is -2.56. The summed E-state index contributed by atoms with van der Waals surface area (Å²) in [4.78, 5) is 12.8. The molecule has 15 heavy (non-hydrogen) atoms. The Kier molecular flexibility index (Phi) is 3.88. The summed E-state index contributed by atoms with van der Waals surface area (Å²) in [6, 6.07) is 0. The Morgan fingerprint density at radius 1 is 1.53 bits per heavy atom. The van der Waals surface area contributed by atoms with Crippen molar-refractivity contribution in [1.29, 1.82) is 0 Å². The Morgan fingerprint density at radius 2 is 2.13 bits per heavy atom. The van der Waals surface area contributed by atoms with Crippen molar-refractivity contribution < 1.29 is 9.90 Å². The van der Waals surface area contributed by atoms with E-state index < -0.39 is 5.97 Å². The third kappa shape index (κ3) is 2.79. The average molecular weight is 212 g/mol. The molecular formula is C11H20N2O2. The van der Waals surface area contributed by atoms with Gasteiger partial charge in [0.1, 0.15) is 0 Å². The van der Waals surface area contributed by atoms with Crippen LogP contribution in [0.3, 0.4) is 0 Å². The van der Waals surface area contributed by atoms with E-state index in [4.69, 9.17) is 5.11 Å². The molecule has 4 heteroatoms. The van der Waals surface area contributed by atoms with Crippen LogP contribution in [0.5, 0.6) is 0 Å². The number of nitrogens with zero attached hydrogens (tertiary/aromatic N) is 1. The summed E-state index contributed by atoms with van der Waals surface area (Å²) in [5.41, 5.74) is 0.460. The van der Waals surface area contributed by atoms with Gasteiger partial charge in [-0.15, -0.1) is 0 Å². The summed E-state index contributed by atoms with van der Waals surface area (Å²) in [6.07, 6.45) is 3.64. The average Bonchev–Trinajstić information content (AvgIpc) is 2.08. The zero-order chi connectivity index (χ0) is 11.5. The van der Waals surface area contributed by atoms with E-state index in [1.54, 1.807) is 0 Å². The summed E-state index contributed by atoms with van der Waals surface area (Å²) in [6.45, 7) is 4.69. The van der Waals surface area contributed by atoms with Crippen molar-refractivity contribution in [1.82, 2.24) is 10.2 Å². The van der Waals surface area contributed by atoms with Crippen molar-refractivity contribution in [3.63, 3.8) is 0 Å². The van der Waals surface area contributed by atoms with Gasteiger partial charge in [0.25, 0.3) is 0 Å². The monoisotopic (exact) mass is 212 g/mol. The first kappa shape index (κ1) is 12.2. The van der Waals surface area contributed by atoms with Crippen LogP contribution in [0.25, 0.3) is 0 Å². The van der Waals surface area contributed by atoms with E-state index in [0.717, 1.165) is 6.54 Å². The molecule has 4 nitrogen and oxygen atoms in total. The van der Waals surface area contributed by atoms with E-state index in [2.05, 4.69) is 30.9 Å². The molecule has 0 amide bonds. The van der Waals surface area contributed by atoms with Crippen molar-refractivity contribution >= 4 is 5.97 Å². The third-order valence-electron chi connectivity index (χ3n) is 3.33. The number of carboxylic acids is 1. The molecule has 0 aromatic carbocycles. The van der Waals surface area contributed by atoms with Crippen LogP contribution < -0.4 is 5.32 Å². The Hall–Kier alpha value is -0.870. The second-order valence-corrected chi connectivity index (χ2v) is 4.48. The van der Waals surface area contributed by atoms with Crippen LogP contribution in [-0.2, 0) is 4.79 Å². The fourth-order valence-electron chi connectivity index (χ4n) is 1.89. The number of rotatable bonds is 6. The highest BCUT2D eigenvalue weighted by molar-refractivity contribution is 5.86. The first-order chi connectivity index (χ1) is 6.98. The first-order valence-electron chi connectivity index (χ1n) is 5.27.